The van der Waals surface area contributed by atoms with Crippen molar-refractivity contribution in [1.29, 1.82) is 0 Å². The predicted octanol–water partition coefficient (Wildman–Crippen LogP) is 7.64. The molecule has 0 heterocycles. The third-order valence-electron chi connectivity index (χ3n) is 6.46. The lowest BCUT2D eigenvalue weighted by Crippen LogP contribution is -2.54. The van der Waals surface area contributed by atoms with Gasteiger partial charge in [-0.05, 0) is 35.1 Å². The first-order chi connectivity index (χ1) is 19.6. The van der Waals surface area contributed by atoms with E-state index in [4.69, 9.17) is 4.74 Å². The molecule has 2 N–H and O–H groups in total. The summed E-state index contributed by atoms with van der Waals surface area (Å²) in [5.41, 5.74) is 0.547. The number of carboxylic acid groups (broad SMARTS) is 1. The fourth-order valence-corrected chi connectivity index (χ4v) is 4.67. The van der Waals surface area contributed by atoms with E-state index < -0.39 is 28.8 Å². The second-order valence-electron chi connectivity index (χ2n) is 11.0. The summed E-state index contributed by atoms with van der Waals surface area (Å²) in [6.07, 6.45) is -0.935. The first kappa shape index (κ1) is 29.2. The standard InChI is InChI=1S/C34H33FN2O4/c1-33(2,3)23-34(31(38)39,37-32(40)41-22-24-13-7-4-8-14-24)27-19-20-29(28(35)21-27)36-30(25-15-9-5-10-16-25)26-17-11-6-12-18-26/h4-21H,22-23H2,1-3H3,(H,37,40)(H,38,39). The Kier molecular flexibility index (Phi) is 8.97. The number of carbonyl (C=O) groups is 2. The Bertz CT molecular complexity index is 1480. The number of halogens is 1. The van der Waals surface area contributed by atoms with Crippen LogP contribution in [-0.2, 0) is 21.7 Å². The third kappa shape index (κ3) is 7.45. The van der Waals surface area contributed by atoms with E-state index in [1.54, 1.807) is 12.1 Å². The van der Waals surface area contributed by atoms with Gasteiger partial charge in [0.1, 0.15) is 12.4 Å². The number of hydrogen-bond donors (Lipinski definition) is 2. The minimum atomic E-state index is -1.95. The van der Waals surface area contributed by atoms with Crippen molar-refractivity contribution in [2.75, 3.05) is 0 Å². The molecule has 0 saturated heterocycles. The van der Waals surface area contributed by atoms with Gasteiger partial charge in [-0.25, -0.2) is 19.0 Å². The van der Waals surface area contributed by atoms with Crippen molar-refractivity contribution >= 4 is 23.5 Å². The monoisotopic (exact) mass is 552 g/mol. The van der Waals surface area contributed by atoms with E-state index in [1.165, 1.54) is 12.1 Å². The van der Waals surface area contributed by atoms with Crippen LogP contribution in [0.2, 0.25) is 0 Å². The zero-order valence-corrected chi connectivity index (χ0v) is 23.3. The van der Waals surface area contributed by atoms with Crippen molar-refractivity contribution in [2.24, 2.45) is 10.4 Å². The molecule has 0 radical (unpaired) electrons. The zero-order chi connectivity index (χ0) is 29.5. The molecule has 0 saturated carbocycles. The SMILES string of the molecule is CC(C)(C)CC(NC(=O)OCc1ccccc1)(C(=O)O)c1ccc(N=C(c2ccccc2)c2ccccc2)c(F)c1. The molecule has 4 aromatic rings. The number of ether oxygens (including phenoxy) is 1. The van der Waals surface area contributed by atoms with E-state index >= 15 is 4.39 Å². The van der Waals surface area contributed by atoms with Crippen LogP contribution in [0, 0.1) is 11.2 Å². The van der Waals surface area contributed by atoms with Crippen molar-refractivity contribution in [1.82, 2.24) is 5.32 Å². The Morgan fingerprint density at radius 3 is 1.85 bits per heavy atom. The van der Waals surface area contributed by atoms with Gasteiger partial charge in [-0.15, -0.1) is 0 Å². The fourth-order valence-electron chi connectivity index (χ4n) is 4.67. The Balaban J connectivity index is 1.72. The van der Waals surface area contributed by atoms with Crippen LogP contribution in [0.4, 0.5) is 14.9 Å². The van der Waals surface area contributed by atoms with Crippen LogP contribution >= 0.6 is 0 Å². The molecular formula is C34H33FN2O4. The maximum Gasteiger partial charge on any atom is 0.408 e. The average molecular weight is 553 g/mol. The molecule has 1 amide bonds. The van der Waals surface area contributed by atoms with Crippen LogP contribution < -0.4 is 5.32 Å². The van der Waals surface area contributed by atoms with Gasteiger partial charge in [0.2, 0.25) is 0 Å². The number of carboxylic acids is 1. The zero-order valence-electron chi connectivity index (χ0n) is 23.3. The number of aliphatic imine (C=N–C) groups is 1. The van der Waals surface area contributed by atoms with Crippen molar-refractivity contribution < 1.29 is 23.8 Å². The summed E-state index contributed by atoms with van der Waals surface area (Å²) < 4.78 is 21.1. The lowest BCUT2D eigenvalue weighted by atomic mass is 9.75. The second kappa shape index (κ2) is 12.6. The topological polar surface area (TPSA) is 88.0 Å². The normalized spacial score (nSPS) is 12.6. The summed E-state index contributed by atoms with van der Waals surface area (Å²) in [7, 11) is 0. The Labute approximate surface area is 239 Å². The van der Waals surface area contributed by atoms with Gasteiger partial charge in [0.25, 0.3) is 0 Å². The summed E-state index contributed by atoms with van der Waals surface area (Å²) >= 11 is 0. The van der Waals surface area contributed by atoms with Crippen molar-refractivity contribution in [3.8, 4) is 0 Å². The van der Waals surface area contributed by atoms with Crippen LogP contribution in [0.1, 0.15) is 49.4 Å². The van der Waals surface area contributed by atoms with Gasteiger partial charge in [0, 0.05) is 11.1 Å². The molecule has 0 bridgehead atoms. The molecule has 7 heteroatoms. The lowest BCUT2D eigenvalue weighted by molar-refractivity contribution is -0.146. The summed E-state index contributed by atoms with van der Waals surface area (Å²) in [6, 6.07) is 32.0. The molecule has 4 aromatic carbocycles. The van der Waals surface area contributed by atoms with Crippen LogP contribution in [-0.4, -0.2) is 22.9 Å². The van der Waals surface area contributed by atoms with Gasteiger partial charge in [-0.1, -0.05) is 118 Å². The number of rotatable bonds is 9. The molecule has 41 heavy (non-hydrogen) atoms. The molecule has 0 spiro atoms. The molecule has 1 unspecified atom stereocenters. The van der Waals surface area contributed by atoms with E-state index in [0.29, 0.717) is 5.71 Å². The number of aliphatic carboxylic acids is 1. The minimum Gasteiger partial charge on any atom is -0.479 e. The second-order valence-corrected chi connectivity index (χ2v) is 11.0. The van der Waals surface area contributed by atoms with E-state index in [9.17, 15) is 14.7 Å². The number of hydrogen-bond acceptors (Lipinski definition) is 4. The number of nitrogens with one attached hydrogen (secondary N) is 1. The minimum absolute atomic E-state index is 0.0168. The smallest absolute Gasteiger partial charge is 0.408 e. The predicted molar refractivity (Wildman–Crippen MR) is 158 cm³/mol. The Morgan fingerprint density at radius 1 is 0.829 bits per heavy atom. The fraction of sp³-hybridized carbons (Fsp3) is 0.206. The molecule has 0 fully saturated rings. The molecule has 0 aliphatic rings. The molecule has 4 rings (SSSR count). The number of amides is 1. The molecule has 1 atom stereocenters. The van der Waals surface area contributed by atoms with Crippen LogP contribution in [0.15, 0.2) is 114 Å². The van der Waals surface area contributed by atoms with Crippen LogP contribution in [0.25, 0.3) is 0 Å². The first-order valence-corrected chi connectivity index (χ1v) is 13.3. The summed E-state index contributed by atoms with van der Waals surface area (Å²) in [4.78, 5) is 30.4. The first-order valence-electron chi connectivity index (χ1n) is 13.3. The van der Waals surface area contributed by atoms with Gasteiger partial charge < -0.3 is 15.2 Å². The number of benzene rings is 4. The maximum atomic E-state index is 15.7. The largest absolute Gasteiger partial charge is 0.479 e. The summed E-state index contributed by atoms with van der Waals surface area (Å²) in [6.45, 7) is 5.51. The molecular weight excluding hydrogens is 519 g/mol. The number of carbonyl (C=O) groups excluding carboxylic acids is 1. The highest BCUT2D eigenvalue weighted by atomic mass is 19.1. The van der Waals surface area contributed by atoms with Gasteiger partial charge in [0.05, 0.1) is 11.4 Å². The van der Waals surface area contributed by atoms with Gasteiger partial charge in [-0.2, -0.15) is 0 Å². The van der Waals surface area contributed by atoms with Crippen molar-refractivity contribution in [2.45, 2.75) is 39.3 Å². The lowest BCUT2D eigenvalue weighted by Gasteiger charge is -2.36. The van der Waals surface area contributed by atoms with E-state index in [1.807, 2.05) is 99.6 Å². The average Bonchev–Trinajstić information content (AvgIpc) is 2.95. The van der Waals surface area contributed by atoms with Crippen LogP contribution in [0.5, 0.6) is 0 Å². The molecule has 0 aliphatic carbocycles. The van der Waals surface area contributed by atoms with Crippen molar-refractivity contribution in [3.63, 3.8) is 0 Å². The van der Waals surface area contributed by atoms with Gasteiger partial charge >= 0.3 is 12.1 Å². The molecule has 6 nitrogen and oxygen atoms in total. The quantitative estimate of drug-likeness (QED) is 0.209. The highest BCUT2D eigenvalue weighted by Crippen LogP contribution is 2.37. The Hall–Kier alpha value is -4.78. The number of alkyl carbamates (subject to hydrolysis) is 1. The van der Waals surface area contributed by atoms with Gasteiger partial charge in [0.15, 0.2) is 5.54 Å². The molecule has 210 valence electrons. The Morgan fingerprint density at radius 2 is 1.37 bits per heavy atom. The third-order valence-corrected chi connectivity index (χ3v) is 6.46. The highest BCUT2D eigenvalue weighted by molar-refractivity contribution is 6.13. The van der Waals surface area contributed by atoms with E-state index in [-0.39, 0.29) is 24.3 Å². The maximum absolute atomic E-state index is 15.7. The summed E-state index contributed by atoms with van der Waals surface area (Å²) in [5, 5.41) is 13.0. The van der Waals surface area contributed by atoms with Gasteiger partial charge in [-0.3, -0.25) is 0 Å². The van der Waals surface area contributed by atoms with E-state index in [2.05, 4.69) is 10.3 Å². The molecule has 0 aromatic heterocycles. The van der Waals surface area contributed by atoms with Crippen LogP contribution in [0.3, 0.4) is 0 Å². The van der Waals surface area contributed by atoms with Crippen molar-refractivity contribution in [3.05, 3.63) is 137 Å². The number of nitrogens with zero attached hydrogens (tertiary/aromatic N) is 1. The summed E-state index contributed by atoms with van der Waals surface area (Å²) in [5.74, 6) is -2.04. The highest BCUT2D eigenvalue weighted by Gasteiger charge is 2.46. The molecule has 0 aliphatic heterocycles. The van der Waals surface area contributed by atoms with E-state index in [0.717, 1.165) is 22.8 Å².